The van der Waals surface area contributed by atoms with Crippen LogP contribution in [0.4, 0.5) is 0 Å². The minimum absolute atomic E-state index is 0.297. The molecule has 0 aromatic carbocycles. The topological polar surface area (TPSA) is 0 Å². The molecular weight excluding hydrogens is 288 g/mol. The number of fused-ring (bicyclic) bond motifs is 1. The van der Waals surface area contributed by atoms with Gasteiger partial charge in [-0.15, -0.1) is 0 Å². The van der Waals surface area contributed by atoms with Crippen molar-refractivity contribution in [2.45, 2.75) is 96.9 Å². The van der Waals surface area contributed by atoms with Crippen molar-refractivity contribution in [2.24, 2.45) is 54.1 Å². The maximum Gasteiger partial charge on any atom is -0.0131 e. The van der Waals surface area contributed by atoms with Crippen molar-refractivity contribution in [3.8, 4) is 0 Å². The zero-order chi connectivity index (χ0) is 19.0. The van der Waals surface area contributed by atoms with Gasteiger partial charge in [0.05, 0.1) is 0 Å². The first-order valence-electron chi connectivity index (χ1n) is 10.2. The van der Waals surface area contributed by atoms with Gasteiger partial charge in [-0.1, -0.05) is 96.9 Å². The lowest BCUT2D eigenvalue weighted by Gasteiger charge is -3.13. The predicted octanol–water partition coefficient (Wildman–Crippen LogP) is 7.18. The highest BCUT2D eigenvalue weighted by Gasteiger charge is 3.10. The average Bonchev–Trinajstić information content (AvgIpc) is 2.46. The Labute approximate surface area is 151 Å². The summed E-state index contributed by atoms with van der Waals surface area (Å²) < 4.78 is 0. The van der Waals surface area contributed by atoms with Crippen molar-refractivity contribution in [2.75, 3.05) is 0 Å². The summed E-state index contributed by atoms with van der Waals surface area (Å²) in [7, 11) is 0. The van der Waals surface area contributed by atoms with Crippen LogP contribution in [0.5, 0.6) is 0 Å². The summed E-state index contributed by atoms with van der Waals surface area (Å²) in [6.07, 6.45) is 0. The molecule has 0 heteroatoms. The van der Waals surface area contributed by atoms with Crippen molar-refractivity contribution in [3.05, 3.63) is 0 Å². The van der Waals surface area contributed by atoms with Crippen LogP contribution in [0.2, 0.25) is 0 Å². The smallest absolute Gasteiger partial charge is 0.0131 e. The molecule has 0 heterocycles. The van der Waals surface area contributed by atoms with Gasteiger partial charge in [0, 0.05) is 0 Å². The van der Waals surface area contributed by atoms with Crippen molar-refractivity contribution >= 4 is 0 Å². The molecule has 0 bridgehead atoms. The molecule has 4 aliphatic rings. The molecule has 4 fully saturated rings. The second-order valence-electron chi connectivity index (χ2n) is 13.2. The molecule has 4 saturated carbocycles. The Morgan fingerprint density at radius 1 is 0.208 bits per heavy atom. The van der Waals surface area contributed by atoms with Gasteiger partial charge in [-0.3, -0.25) is 0 Å². The van der Waals surface area contributed by atoms with Gasteiger partial charge in [0.2, 0.25) is 0 Å². The van der Waals surface area contributed by atoms with Gasteiger partial charge < -0.3 is 0 Å². The summed E-state index contributed by atoms with van der Waals surface area (Å²) in [4.78, 5) is 0. The van der Waals surface area contributed by atoms with Crippen LogP contribution in [-0.4, -0.2) is 0 Å². The molecule has 6 atom stereocenters. The van der Waals surface area contributed by atoms with Crippen LogP contribution in [-0.2, 0) is 0 Å². The Bertz CT molecular complexity index is 633. The van der Waals surface area contributed by atoms with Crippen LogP contribution in [0.1, 0.15) is 96.9 Å². The fourth-order valence-electron chi connectivity index (χ4n) is 12.6. The fourth-order valence-corrected chi connectivity index (χ4v) is 12.6. The van der Waals surface area contributed by atoms with Gasteiger partial charge in [0.1, 0.15) is 0 Å². The summed E-state index contributed by atoms with van der Waals surface area (Å²) in [6.45, 7) is 36.9. The van der Waals surface area contributed by atoms with Gasteiger partial charge in [-0.2, -0.15) is 0 Å². The van der Waals surface area contributed by atoms with E-state index >= 15 is 0 Å². The Kier molecular flexibility index (Phi) is 2.24. The van der Waals surface area contributed by atoms with Gasteiger partial charge in [0.25, 0.3) is 0 Å². The third-order valence-corrected chi connectivity index (χ3v) is 15.1. The van der Waals surface area contributed by atoms with E-state index < -0.39 is 0 Å². The lowest BCUT2D eigenvalue weighted by atomic mass is 8.91. The normalized spacial score (nSPS) is 65.8. The van der Waals surface area contributed by atoms with E-state index in [1.165, 1.54) is 0 Å². The summed E-state index contributed by atoms with van der Waals surface area (Å²) in [5.41, 5.74) is 3.65. The number of rotatable bonds is 0. The predicted molar refractivity (Wildman–Crippen MR) is 104 cm³/mol. The quantitative estimate of drug-likeness (QED) is 0.441. The average molecular weight is 331 g/mol. The minimum Gasteiger partial charge on any atom is -0.0588 e. The fraction of sp³-hybridized carbons (Fsp3) is 1.00. The third kappa shape index (κ3) is 0.709. The first-order chi connectivity index (χ1) is 10.2. The van der Waals surface area contributed by atoms with E-state index in [9.17, 15) is 0 Å². The summed E-state index contributed by atoms with van der Waals surface area (Å²) in [5, 5.41) is 0. The maximum absolute atomic E-state index is 2.68. The first kappa shape index (κ1) is 17.4. The molecule has 6 unspecified atom stereocenters. The Hall–Kier alpha value is 0. The second kappa shape index (κ2) is 3.09. The molecular formula is C24H42. The van der Waals surface area contributed by atoms with Crippen LogP contribution < -0.4 is 0 Å². The first-order valence-corrected chi connectivity index (χ1v) is 10.2. The lowest BCUT2D eigenvalue weighted by Crippen LogP contribution is -3.09. The molecule has 138 valence electrons. The molecule has 0 aromatic rings. The molecule has 0 amide bonds. The highest BCUT2D eigenvalue weighted by Crippen LogP contribution is 3.14. The van der Waals surface area contributed by atoms with Gasteiger partial charge in [-0.25, -0.2) is 0 Å². The minimum atomic E-state index is 0.297. The molecule has 0 aliphatic heterocycles. The molecule has 0 spiro atoms. The van der Waals surface area contributed by atoms with Crippen LogP contribution in [0.25, 0.3) is 0 Å². The zero-order valence-electron chi connectivity index (χ0n) is 19.0. The molecule has 0 radical (unpaired) electrons. The van der Waals surface area contributed by atoms with E-state index in [0.29, 0.717) is 54.1 Å². The summed E-state index contributed by atoms with van der Waals surface area (Å²) >= 11 is 0. The number of hydrogen-bond acceptors (Lipinski definition) is 0. The molecule has 4 aliphatic carbocycles. The van der Waals surface area contributed by atoms with E-state index in [1.807, 2.05) is 0 Å². The van der Waals surface area contributed by atoms with E-state index in [4.69, 9.17) is 0 Å². The molecule has 4 rings (SSSR count). The van der Waals surface area contributed by atoms with Crippen molar-refractivity contribution in [3.63, 3.8) is 0 Å². The Balaban J connectivity index is 2.21. The standard InChI is InChI=1S/C24H42/c1-15(2)16(3,4)20(10)18(7,8)22(12)21(11)17(5,6)19(15,9)23(21,13)24(20,22)14/h1-14H3. The van der Waals surface area contributed by atoms with Crippen LogP contribution in [0, 0.1) is 54.1 Å². The van der Waals surface area contributed by atoms with Gasteiger partial charge in [-0.05, 0) is 54.1 Å². The second-order valence-corrected chi connectivity index (χ2v) is 13.2. The lowest BCUT2D eigenvalue weighted by molar-refractivity contribution is -0.665. The van der Waals surface area contributed by atoms with Crippen LogP contribution in [0.15, 0.2) is 0 Å². The summed E-state index contributed by atoms with van der Waals surface area (Å²) in [5.74, 6) is 0. The molecule has 0 N–H and O–H groups in total. The van der Waals surface area contributed by atoms with Gasteiger partial charge >= 0.3 is 0 Å². The van der Waals surface area contributed by atoms with Crippen molar-refractivity contribution in [1.29, 1.82) is 0 Å². The highest BCUT2D eigenvalue weighted by molar-refractivity contribution is 5.56. The molecule has 0 aromatic heterocycles. The Morgan fingerprint density at radius 2 is 0.417 bits per heavy atom. The molecule has 24 heavy (non-hydrogen) atoms. The summed E-state index contributed by atoms with van der Waals surface area (Å²) in [6, 6.07) is 0. The zero-order valence-corrected chi connectivity index (χ0v) is 19.0. The van der Waals surface area contributed by atoms with Crippen molar-refractivity contribution < 1.29 is 0 Å². The third-order valence-electron chi connectivity index (χ3n) is 15.1. The monoisotopic (exact) mass is 330 g/mol. The Morgan fingerprint density at radius 3 is 0.625 bits per heavy atom. The van der Waals surface area contributed by atoms with E-state index in [1.54, 1.807) is 0 Å². The largest absolute Gasteiger partial charge is 0.0588 e. The van der Waals surface area contributed by atoms with E-state index in [2.05, 4.69) is 96.9 Å². The van der Waals surface area contributed by atoms with Crippen LogP contribution >= 0.6 is 0 Å². The van der Waals surface area contributed by atoms with Crippen LogP contribution in [0.3, 0.4) is 0 Å². The molecule has 0 saturated heterocycles. The SMILES string of the molecule is CC1(C)C(C)(C)C2(C)C(C)(C)C3(C)C4(C)C(C)(C)C1(C)C4(C)C23C. The van der Waals surface area contributed by atoms with Crippen molar-refractivity contribution in [1.82, 2.24) is 0 Å². The van der Waals surface area contributed by atoms with E-state index in [-0.39, 0.29) is 0 Å². The van der Waals surface area contributed by atoms with E-state index in [0.717, 1.165) is 0 Å². The van der Waals surface area contributed by atoms with Gasteiger partial charge in [0.15, 0.2) is 0 Å². The maximum atomic E-state index is 2.68. The number of hydrogen-bond donors (Lipinski definition) is 0. The highest BCUT2D eigenvalue weighted by atomic mass is 15.1. The molecule has 0 nitrogen and oxygen atoms in total.